The molecule has 0 radical (unpaired) electrons. The quantitative estimate of drug-likeness (QED) is 0.574. The van der Waals surface area contributed by atoms with Crippen LogP contribution in [0.5, 0.6) is 0 Å². The first-order valence-corrected chi connectivity index (χ1v) is 12.4. The minimum absolute atomic E-state index is 0.144. The van der Waals surface area contributed by atoms with Crippen LogP contribution in [-0.2, 0) is 27.8 Å². The van der Waals surface area contributed by atoms with Gasteiger partial charge in [0.25, 0.3) is 10.0 Å². The highest BCUT2D eigenvalue weighted by molar-refractivity contribution is 7.91. The van der Waals surface area contributed by atoms with Crippen molar-refractivity contribution in [3.8, 4) is 11.4 Å². The average Bonchev–Trinajstić information content (AvgIpc) is 3.48. The van der Waals surface area contributed by atoms with Gasteiger partial charge in [-0.25, -0.2) is 8.42 Å². The Bertz CT molecular complexity index is 1140. The van der Waals surface area contributed by atoms with Crippen LogP contribution in [0.4, 0.5) is 0 Å². The van der Waals surface area contributed by atoms with Crippen molar-refractivity contribution in [2.45, 2.75) is 36.9 Å². The number of nitrogens with zero attached hydrogens (tertiary/aromatic N) is 4. The molecular formula is C20H23N5O4S2. The Morgan fingerprint density at radius 1 is 1.42 bits per heavy atom. The summed E-state index contributed by atoms with van der Waals surface area (Å²) in [6.45, 7) is 2.83. The lowest BCUT2D eigenvalue weighted by Crippen LogP contribution is -2.45. The Kier molecular flexibility index (Phi) is 6.44. The lowest BCUT2D eigenvalue weighted by Gasteiger charge is -2.30. The van der Waals surface area contributed by atoms with Gasteiger partial charge in [0.05, 0.1) is 5.92 Å². The van der Waals surface area contributed by atoms with Gasteiger partial charge in [0.2, 0.25) is 17.6 Å². The molecule has 1 unspecified atom stereocenters. The number of aromatic nitrogens is 3. The molecule has 3 aromatic heterocycles. The second kappa shape index (κ2) is 9.25. The molecule has 11 heteroatoms. The monoisotopic (exact) mass is 461 g/mol. The number of amides is 1. The summed E-state index contributed by atoms with van der Waals surface area (Å²) in [5, 5.41) is 8.50. The Hall–Kier alpha value is -2.63. The second-order valence-corrected chi connectivity index (χ2v) is 10.4. The fourth-order valence-corrected chi connectivity index (χ4v) is 6.26. The molecule has 1 atom stereocenters. The van der Waals surface area contributed by atoms with E-state index in [4.69, 9.17) is 4.52 Å². The molecule has 1 aliphatic rings. The Balaban J connectivity index is 1.43. The molecule has 1 fully saturated rings. The Morgan fingerprint density at radius 2 is 2.29 bits per heavy atom. The maximum absolute atomic E-state index is 13.2. The lowest BCUT2D eigenvalue weighted by atomic mass is 9.99. The Labute approximate surface area is 184 Å². The third kappa shape index (κ3) is 4.83. The third-order valence-electron chi connectivity index (χ3n) is 5.14. The molecule has 4 rings (SSSR count). The number of sulfonamides is 1. The van der Waals surface area contributed by atoms with Crippen molar-refractivity contribution in [1.82, 2.24) is 24.7 Å². The summed E-state index contributed by atoms with van der Waals surface area (Å²) < 4.78 is 33.1. The largest absolute Gasteiger partial charge is 0.352 e. The number of hydrogen-bond acceptors (Lipinski definition) is 8. The number of aryl methyl sites for hydroxylation is 1. The first kappa shape index (κ1) is 21.6. The van der Waals surface area contributed by atoms with E-state index in [2.05, 4.69) is 20.4 Å². The molecule has 4 heterocycles. The molecule has 1 saturated heterocycles. The normalized spacial score (nSPS) is 17.5. The first-order chi connectivity index (χ1) is 15.0. The molecule has 1 aliphatic heterocycles. The topological polar surface area (TPSA) is 118 Å². The summed E-state index contributed by atoms with van der Waals surface area (Å²) in [4.78, 5) is 20.9. The summed E-state index contributed by atoms with van der Waals surface area (Å²) in [6, 6.07) is 5.26. The van der Waals surface area contributed by atoms with Gasteiger partial charge in [0, 0.05) is 49.4 Å². The number of nitrogens with one attached hydrogen (secondary N) is 1. The van der Waals surface area contributed by atoms with Gasteiger partial charge in [-0.05, 0) is 30.5 Å². The molecule has 164 valence electrons. The van der Waals surface area contributed by atoms with E-state index < -0.39 is 10.0 Å². The van der Waals surface area contributed by atoms with E-state index in [9.17, 15) is 13.2 Å². The third-order valence-corrected chi connectivity index (χ3v) is 8.42. The highest BCUT2D eigenvalue weighted by Crippen LogP contribution is 2.31. The molecule has 0 bridgehead atoms. The van der Waals surface area contributed by atoms with Crippen LogP contribution < -0.4 is 5.32 Å². The lowest BCUT2D eigenvalue weighted by molar-refractivity contribution is -0.126. The van der Waals surface area contributed by atoms with E-state index in [-0.39, 0.29) is 22.6 Å². The highest BCUT2D eigenvalue weighted by Gasteiger charge is 2.34. The smallest absolute Gasteiger partial charge is 0.252 e. The predicted molar refractivity (Wildman–Crippen MR) is 115 cm³/mol. The minimum Gasteiger partial charge on any atom is -0.352 e. The van der Waals surface area contributed by atoms with Gasteiger partial charge in [0.1, 0.15) is 4.21 Å². The van der Waals surface area contributed by atoms with Gasteiger partial charge in [-0.3, -0.25) is 9.78 Å². The molecule has 31 heavy (non-hydrogen) atoms. The maximum atomic E-state index is 13.2. The van der Waals surface area contributed by atoms with E-state index in [1.807, 2.05) is 19.1 Å². The van der Waals surface area contributed by atoms with Crippen LogP contribution >= 0.6 is 11.3 Å². The molecule has 1 N–H and O–H groups in total. The average molecular weight is 462 g/mol. The van der Waals surface area contributed by atoms with E-state index in [1.54, 1.807) is 23.8 Å². The molecule has 9 nitrogen and oxygen atoms in total. The van der Waals surface area contributed by atoms with Crippen molar-refractivity contribution < 1.29 is 17.7 Å². The van der Waals surface area contributed by atoms with Crippen LogP contribution in [0.3, 0.4) is 0 Å². The molecule has 3 aromatic rings. The van der Waals surface area contributed by atoms with E-state index >= 15 is 0 Å². The predicted octanol–water partition coefficient (Wildman–Crippen LogP) is 2.47. The number of piperidine rings is 1. The summed E-state index contributed by atoms with van der Waals surface area (Å²) in [5.74, 6) is 0.348. The van der Waals surface area contributed by atoms with E-state index in [0.29, 0.717) is 49.6 Å². The minimum atomic E-state index is -3.71. The molecule has 0 aromatic carbocycles. The van der Waals surface area contributed by atoms with Crippen molar-refractivity contribution in [2.75, 3.05) is 13.1 Å². The van der Waals surface area contributed by atoms with Crippen LogP contribution in [0.1, 0.15) is 31.2 Å². The summed E-state index contributed by atoms with van der Waals surface area (Å²) in [7, 11) is -3.71. The number of pyridine rings is 1. The zero-order valence-corrected chi connectivity index (χ0v) is 18.7. The van der Waals surface area contributed by atoms with Gasteiger partial charge >= 0.3 is 0 Å². The molecule has 0 saturated carbocycles. The zero-order chi connectivity index (χ0) is 21.8. The summed E-state index contributed by atoms with van der Waals surface area (Å²) in [5.41, 5.74) is 1.50. The van der Waals surface area contributed by atoms with Gasteiger partial charge in [-0.2, -0.15) is 9.29 Å². The van der Waals surface area contributed by atoms with Gasteiger partial charge in [-0.15, -0.1) is 11.3 Å². The molecular weight excluding hydrogens is 438 g/mol. The van der Waals surface area contributed by atoms with E-state index in [1.165, 1.54) is 4.31 Å². The van der Waals surface area contributed by atoms with Crippen LogP contribution in [0, 0.1) is 5.92 Å². The molecule has 1 amide bonds. The Morgan fingerprint density at radius 3 is 3.03 bits per heavy atom. The number of carbonyl (C=O) groups is 1. The highest BCUT2D eigenvalue weighted by atomic mass is 32.2. The zero-order valence-electron chi connectivity index (χ0n) is 17.0. The SMILES string of the molecule is CCc1nc(-c2csc(S(=O)(=O)N3CCCC(C(=O)NCc4cccnc4)C3)c2)no1. The fourth-order valence-electron chi connectivity index (χ4n) is 3.42. The van der Waals surface area contributed by atoms with Gasteiger partial charge < -0.3 is 9.84 Å². The maximum Gasteiger partial charge on any atom is 0.252 e. The first-order valence-electron chi connectivity index (χ1n) is 10.1. The number of hydrogen-bond donors (Lipinski definition) is 1. The summed E-state index contributed by atoms with van der Waals surface area (Å²) >= 11 is 1.12. The summed E-state index contributed by atoms with van der Waals surface area (Å²) in [6.07, 6.45) is 5.27. The number of thiophene rings is 1. The van der Waals surface area contributed by atoms with E-state index in [0.717, 1.165) is 16.9 Å². The molecule has 0 aliphatic carbocycles. The van der Waals surface area contributed by atoms with Crippen LogP contribution in [0.25, 0.3) is 11.4 Å². The van der Waals surface area contributed by atoms with Crippen molar-refractivity contribution in [3.05, 3.63) is 47.4 Å². The number of rotatable bonds is 7. The van der Waals surface area contributed by atoms with Crippen molar-refractivity contribution in [3.63, 3.8) is 0 Å². The van der Waals surface area contributed by atoms with Crippen LogP contribution in [0.15, 0.2) is 44.7 Å². The van der Waals surface area contributed by atoms with Gasteiger partial charge in [0.15, 0.2) is 0 Å². The van der Waals surface area contributed by atoms with Crippen molar-refractivity contribution >= 4 is 27.3 Å². The van der Waals surface area contributed by atoms with Crippen LogP contribution in [0.2, 0.25) is 0 Å². The van der Waals surface area contributed by atoms with Crippen molar-refractivity contribution in [2.24, 2.45) is 5.92 Å². The van der Waals surface area contributed by atoms with Crippen molar-refractivity contribution in [1.29, 1.82) is 0 Å². The molecule has 0 spiro atoms. The van der Waals surface area contributed by atoms with Crippen LogP contribution in [-0.4, -0.2) is 46.8 Å². The second-order valence-electron chi connectivity index (χ2n) is 7.30. The fraction of sp³-hybridized carbons (Fsp3) is 0.400. The number of carbonyl (C=O) groups excluding carboxylic acids is 1. The van der Waals surface area contributed by atoms with Gasteiger partial charge in [-0.1, -0.05) is 18.1 Å². The standard InChI is InChI=1S/C20H23N5O4S2/c1-2-17-23-19(24-29-17)16-9-18(30-13-16)31(27,28)25-8-4-6-15(12-25)20(26)22-11-14-5-3-7-21-10-14/h3,5,7,9-10,13,15H,2,4,6,8,11-12H2,1H3,(H,22,26).